The van der Waals surface area contributed by atoms with E-state index in [9.17, 15) is 27.9 Å². The van der Waals surface area contributed by atoms with Crippen LogP contribution in [-0.4, -0.2) is 88.4 Å². The second-order valence-electron chi connectivity index (χ2n) is 15.5. The van der Waals surface area contributed by atoms with Crippen LogP contribution < -0.4 is 0 Å². The predicted molar refractivity (Wildman–Crippen MR) is 215 cm³/mol. The average molecular weight is 777 g/mol. The summed E-state index contributed by atoms with van der Waals surface area (Å²) in [5, 5.41) is 10.8. The van der Waals surface area contributed by atoms with Gasteiger partial charge in [0, 0.05) is 43.5 Å². The molecule has 0 saturated heterocycles. The van der Waals surface area contributed by atoms with E-state index in [0.29, 0.717) is 17.6 Å². The second-order valence-corrected chi connectivity index (χ2v) is 17.9. The molecule has 12 heteroatoms. The van der Waals surface area contributed by atoms with E-state index in [1.54, 1.807) is 48.3 Å². The predicted octanol–water partition coefficient (Wildman–Crippen LogP) is 8.44. The lowest BCUT2D eigenvalue weighted by atomic mass is 9.82. The molecule has 54 heavy (non-hydrogen) atoms. The van der Waals surface area contributed by atoms with E-state index in [4.69, 9.17) is 11.6 Å². The van der Waals surface area contributed by atoms with Crippen molar-refractivity contribution in [2.75, 3.05) is 38.3 Å². The Morgan fingerprint density at radius 2 is 1.56 bits per heavy atom. The van der Waals surface area contributed by atoms with Crippen LogP contribution in [0.4, 0.5) is 4.79 Å². The first-order chi connectivity index (χ1) is 25.7. The Morgan fingerprint density at radius 3 is 2.17 bits per heavy atom. The zero-order valence-electron chi connectivity index (χ0n) is 31.8. The Morgan fingerprint density at radius 1 is 0.907 bits per heavy atom. The number of nitrogens with zero attached hydrogens (tertiary/aromatic N) is 4. The van der Waals surface area contributed by atoms with E-state index in [2.05, 4.69) is 0 Å². The molecule has 0 unspecified atom stereocenters. The number of likely N-dealkylation sites (N-methyl/N-ethyl adjacent to an activating group) is 1. The van der Waals surface area contributed by atoms with E-state index in [0.717, 1.165) is 58.6 Å². The third kappa shape index (κ3) is 10.0. The first-order valence-corrected chi connectivity index (χ1v) is 20.9. The number of carbonyl (C=O) groups excluding carboxylic acids is 2. The summed E-state index contributed by atoms with van der Waals surface area (Å²) in [7, 11) is -2.35. The zero-order chi connectivity index (χ0) is 39.0. The number of fused-ring (bicyclic) bond motifs is 1. The van der Waals surface area contributed by atoms with Crippen LogP contribution in [0.3, 0.4) is 0 Å². The number of hydrogen-bond acceptors (Lipinski definition) is 5. The van der Waals surface area contributed by atoms with E-state index in [1.165, 1.54) is 4.90 Å². The lowest BCUT2D eigenvalue weighted by Crippen LogP contribution is -2.43. The standard InChI is InChI=1S/C42H53ClN4O6S/c1-42(2,3)30-45(41(50)51)25-24-44(4)37(48)29-46-36-27-34(40(49)47(54(52,53)26-14-23-43)28-31-15-8-5-9-16-31)21-22-35(36)38(32-17-10-6-11-18-32)39(46)33-19-12-7-13-20-33/h5,7-9,12-13,15-16,19-22,27,32H,6,10-11,14,17-18,23-26,28-30H2,1-4H3,(H,50,51). The molecule has 0 bridgehead atoms. The van der Waals surface area contributed by atoms with Gasteiger partial charge in [-0.1, -0.05) is 107 Å². The zero-order valence-corrected chi connectivity index (χ0v) is 33.4. The largest absolute Gasteiger partial charge is 0.465 e. The van der Waals surface area contributed by atoms with Crippen LogP contribution in [0.5, 0.6) is 0 Å². The lowest BCUT2D eigenvalue weighted by molar-refractivity contribution is -0.130. The summed E-state index contributed by atoms with van der Waals surface area (Å²) >= 11 is 5.89. The number of hydrogen-bond donors (Lipinski definition) is 1. The lowest BCUT2D eigenvalue weighted by Gasteiger charge is -2.29. The van der Waals surface area contributed by atoms with Crippen LogP contribution in [0.25, 0.3) is 22.2 Å². The molecular weight excluding hydrogens is 724 g/mol. The number of aromatic nitrogens is 1. The van der Waals surface area contributed by atoms with Gasteiger partial charge in [-0.05, 0) is 59.4 Å². The Balaban J connectivity index is 1.61. The summed E-state index contributed by atoms with van der Waals surface area (Å²) in [6.07, 6.45) is 4.50. The van der Waals surface area contributed by atoms with Crippen molar-refractivity contribution >= 4 is 50.4 Å². The summed E-state index contributed by atoms with van der Waals surface area (Å²) in [5.74, 6) is -0.760. The first kappa shape index (κ1) is 40.8. The number of halogens is 1. The highest BCUT2D eigenvalue weighted by Crippen LogP contribution is 2.44. The minimum Gasteiger partial charge on any atom is -0.465 e. The SMILES string of the molecule is CN(CCN(CC(C)(C)C)C(=O)O)C(=O)Cn1c(-c2ccccc2)c(C2CCCCC2)c2ccc(C(=O)N(Cc3ccccc3)S(=O)(=O)CCCCl)cc21. The van der Waals surface area contributed by atoms with Crippen molar-refractivity contribution in [2.45, 2.75) is 78.3 Å². The number of carboxylic acid groups (broad SMARTS) is 1. The van der Waals surface area contributed by atoms with Crippen LogP contribution in [0.1, 0.15) is 86.7 Å². The van der Waals surface area contributed by atoms with Gasteiger partial charge >= 0.3 is 6.09 Å². The minimum absolute atomic E-state index is 0.0598. The fourth-order valence-corrected chi connectivity index (χ4v) is 9.11. The van der Waals surface area contributed by atoms with Crippen molar-refractivity contribution in [2.24, 2.45) is 5.41 Å². The molecule has 1 aliphatic rings. The Bertz CT molecular complexity index is 2020. The van der Waals surface area contributed by atoms with Gasteiger partial charge in [0.05, 0.1) is 23.5 Å². The Kier molecular flexibility index (Phi) is 13.5. The molecule has 0 atom stereocenters. The Labute approximate surface area is 324 Å². The molecule has 1 heterocycles. The fraction of sp³-hybridized carbons (Fsp3) is 0.452. The molecule has 5 rings (SSSR count). The second kappa shape index (κ2) is 17.9. The van der Waals surface area contributed by atoms with Crippen LogP contribution in [0.2, 0.25) is 0 Å². The maximum Gasteiger partial charge on any atom is 0.407 e. The summed E-state index contributed by atoms with van der Waals surface area (Å²) in [6.45, 7) is 6.42. The fourth-order valence-electron chi connectivity index (χ4n) is 7.39. The average Bonchev–Trinajstić information content (AvgIpc) is 3.47. The van der Waals surface area contributed by atoms with Gasteiger partial charge in [0.2, 0.25) is 15.9 Å². The van der Waals surface area contributed by atoms with E-state index < -0.39 is 22.0 Å². The quantitative estimate of drug-likeness (QED) is 0.121. The molecule has 3 amide bonds. The van der Waals surface area contributed by atoms with E-state index in [1.807, 2.05) is 67.8 Å². The van der Waals surface area contributed by atoms with Crippen molar-refractivity contribution in [3.05, 3.63) is 95.6 Å². The maximum absolute atomic E-state index is 14.4. The Hall–Kier alpha value is -4.35. The number of rotatable bonds is 15. The smallest absolute Gasteiger partial charge is 0.407 e. The van der Waals surface area contributed by atoms with Gasteiger partial charge in [0.15, 0.2) is 0 Å². The first-order valence-electron chi connectivity index (χ1n) is 18.8. The van der Waals surface area contributed by atoms with E-state index >= 15 is 0 Å². The minimum atomic E-state index is -4.03. The molecule has 10 nitrogen and oxygen atoms in total. The highest BCUT2D eigenvalue weighted by atomic mass is 35.5. The number of carbonyl (C=O) groups is 3. The molecule has 1 fully saturated rings. The van der Waals surface area contributed by atoms with Crippen LogP contribution >= 0.6 is 11.6 Å². The van der Waals surface area contributed by atoms with Crippen LogP contribution in [-0.2, 0) is 27.9 Å². The molecule has 3 aromatic carbocycles. The van der Waals surface area contributed by atoms with Crippen LogP contribution in [0, 0.1) is 5.41 Å². The molecule has 1 N–H and O–H groups in total. The number of amides is 3. The summed E-state index contributed by atoms with van der Waals surface area (Å²) in [6, 6.07) is 24.3. The molecule has 290 valence electrons. The summed E-state index contributed by atoms with van der Waals surface area (Å²) in [4.78, 5) is 43.5. The number of sulfonamides is 1. The van der Waals surface area contributed by atoms with Gasteiger partial charge in [-0.2, -0.15) is 0 Å². The monoisotopic (exact) mass is 776 g/mol. The molecule has 0 aliphatic heterocycles. The third-order valence-electron chi connectivity index (χ3n) is 10.0. The van der Waals surface area contributed by atoms with Crippen molar-refractivity contribution in [3.8, 4) is 11.3 Å². The van der Waals surface area contributed by atoms with Crippen LogP contribution in [0.15, 0.2) is 78.9 Å². The van der Waals surface area contributed by atoms with Crippen molar-refractivity contribution in [3.63, 3.8) is 0 Å². The normalized spacial score (nSPS) is 13.9. The molecule has 0 radical (unpaired) electrons. The van der Waals surface area contributed by atoms with Crippen molar-refractivity contribution in [1.29, 1.82) is 0 Å². The van der Waals surface area contributed by atoms with Gasteiger partial charge in [0.1, 0.15) is 6.54 Å². The number of alkyl halides is 1. The number of benzene rings is 3. The summed E-state index contributed by atoms with van der Waals surface area (Å²) < 4.78 is 30.3. The van der Waals surface area contributed by atoms with E-state index in [-0.39, 0.29) is 67.0 Å². The summed E-state index contributed by atoms with van der Waals surface area (Å²) in [5.41, 5.74) is 4.26. The molecule has 1 aromatic heterocycles. The van der Waals surface area contributed by atoms with Gasteiger partial charge < -0.3 is 19.5 Å². The maximum atomic E-state index is 14.4. The highest BCUT2D eigenvalue weighted by molar-refractivity contribution is 7.89. The van der Waals surface area contributed by atoms with Gasteiger partial charge in [-0.15, -0.1) is 11.6 Å². The molecule has 1 saturated carbocycles. The topological polar surface area (TPSA) is 120 Å². The third-order valence-corrected chi connectivity index (χ3v) is 12.1. The van der Waals surface area contributed by atoms with Gasteiger partial charge in [-0.3, -0.25) is 9.59 Å². The highest BCUT2D eigenvalue weighted by Gasteiger charge is 2.32. The molecule has 4 aromatic rings. The van der Waals surface area contributed by atoms with Gasteiger partial charge in [0.25, 0.3) is 5.91 Å². The molecule has 0 spiro atoms. The van der Waals surface area contributed by atoms with Crippen molar-refractivity contribution in [1.82, 2.24) is 18.7 Å². The van der Waals surface area contributed by atoms with Gasteiger partial charge in [-0.25, -0.2) is 17.5 Å². The van der Waals surface area contributed by atoms with Crippen molar-refractivity contribution < 1.29 is 27.9 Å². The molecular formula is C42H53ClN4O6S. The molecule has 1 aliphatic carbocycles.